The molecule has 0 amide bonds. The van der Waals surface area contributed by atoms with Gasteiger partial charge < -0.3 is 10.5 Å². The number of aryl methyl sites for hydroxylation is 2. The quantitative estimate of drug-likeness (QED) is 0.918. The summed E-state index contributed by atoms with van der Waals surface area (Å²) in [5.41, 5.74) is 10.1. The van der Waals surface area contributed by atoms with E-state index in [-0.39, 0.29) is 11.8 Å². The third kappa shape index (κ3) is 3.98. The van der Waals surface area contributed by atoms with E-state index in [9.17, 15) is 13.2 Å². The SMILES string of the molecule is Cc1ccc([C@@H](N)c2ccc(OC(F)(F)F)cc2)c(C)c1. The highest BCUT2D eigenvalue weighted by Crippen LogP contribution is 2.27. The van der Waals surface area contributed by atoms with Gasteiger partial charge in [-0.3, -0.25) is 0 Å². The standard InChI is InChI=1S/C16H16F3NO/c1-10-3-8-14(11(2)9-10)15(20)12-4-6-13(7-5-12)21-16(17,18)19/h3-9,15H,20H2,1-2H3/t15-/m0/s1. The van der Waals surface area contributed by atoms with E-state index >= 15 is 0 Å². The number of ether oxygens (including phenoxy) is 1. The van der Waals surface area contributed by atoms with Gasteiger partial charge in [0.1, 0.15) is 5.75 Å². The minimum absolute atomic E-state index is 0.251. The zero-order chi connectivity index (χ0) is 15.6. The van der Waals surface area contributed by atoms with Crippen molar-refractivity contribution >= 4 is 0 Å². The molecule has 0 aliphatic carbocycles. The zero-order valence-corrected chi connectivity index (χ0v) is 11.7. The number of hydrogen-bond donors (Lipinski definition) is 1. The molecule has 0 saturated carbocycles. The molecular weight excluding hydrogens is 279 g/mol. The van der Waals surface area contributed by atoms with Crippen molar-refractivity contribution in [3.63, 3.8) is 0 Å². The van der Waals surface area contributed by atoms with Gasteiger partial charge in [-0.25, -0.2) is 0 Å². The molecule has 2 nitrogen and oxygen atoms in total. The third-order valence-electron chi connectivity index (χ3n) is 3.23. The molecule has 2 rings (SSSR count). The Bertz CT molecular complexity index is 620. The number of rotatable bonds is 3. The van der Waals surface area contributed by atoms with E-state index < -0.39 is 6.36 Å². The molecule has 0 unspecified atom stereocenters. The lowest BCUT2D eigenvalue weighted by molar-refractivity contribution is -0.274. The monoisotopic (exact) mass is 295 g/mol. The predicted octanol–water partition coefficient (Wildman–Crippen LogP) is 4.25. The van der Waals surface area contributed by atoms with Crippen LogP contribution < -0.4 is 10.5 Å². The average molecular weight is 295 g/mol. The fraction of sp³-hybridized carbons (Fsp3) is 0.250. The van der Waals surface area contributed by atoms with Gasteiger partial charge >= 0.3 is 6.36 Å². The van der Waals surface area contributed by atoms with Crippen molar-refractivity contribution in [2.24, 2.45) is 5.73 Å². The van der Waals surface area contributed by atoms with E-state index in [1.54, 1.807) is 12.1 Å². The zero-order valence-electron chi connectivity index (χ0n) is 11.7. The molecule has 0 radical (unpaired) electrons. The Morgan fingerprint density at radius 1 is 1.00 bits per heavy atom. The molecule has 0 aliphatic heterocycles. The summed E-state index contributed by atoms with van der Waals surface area (Å²) in [4.78, 5) is 0. The van der Waals surface area contributed by atoms with Gasteiger partial charge in [0.2, 0.25) is 0 Å². The largest absolute Gasteiger partial charge is 0.573 e. The number of benzene rings is 2. The van der Waals surface area contributed by atoms with Crippen LogP contribution in [0.2, 0.25) is 0 Å². The Labute approximate surface area is 121 Å². The van der Waals surface area contributed by atoms with Crippen molar-refractivity contribution in [2.75, 3.05) is 0 Å². The first-order chi connectivity index (χ1) is 9.76. The molecule has 112 valence electrons. The molecule has 0 bridgehead atoms. The summed E-state index contributed by atoms with van der Waals surface area (Å²) < 4.78 is 40.2. The van der Waals surface area contributed by atoms with Gasteiger partial charge in [-0.2, -0.15) is 0 Å². The molecule has 0 aromatic heterocycles. The van der Waals surface area contributed by atoms with Crippen LogP contribution in [0.15, 0.2) is 42.5 Å². The molecule has 21 heavy (non-hydrogen) atoms. The molecule has 5 heteroatoms. The molecule has 2 aromatic carbocycles. The van der Waals surface area contributed by atoms with Crippen molar-refractivity contribution in [2.45, 2.75) is 26.3 Å². The first-order valence-corrected chi connectivity index (χ1v) is 6.45. The van der Waals surface area contributed by atoms with Gasteiger partial charge in [0.25, 0.3) is 0 Å². The summed E-state index contributed by atoms with van der Waals surface area (Å²) in [6, 6.07) is 11.2. The van der Waals surface area contributed by atoms with Crippen LogP contribution in [0.25, 0.3) is 0 Å². The van der Waals surface area contributed by atoms with E-state index in [2.05, 4.69) is 4.74 Å². The van der Waals surface area contributed by atoms with Crippen LogP contribution in [0.4, 0.5) is 13.2 Å². The Balaban J connectivity index is 2.22. The number of halogens is 3. The van der Waals surface area contributed by atoms with Crippen LogP contribution in [0.1, 0.15) is 28.3 Å². The van der Waals surface area contributed by atoms with Crippen LogP contribution in [0.5, 0.6) is 5.75 Å². The predicted molar refractivity (Wildman–Crippen MR) is 75.1 cm³/mol. The first kappa shape index (κ1) is 15.4. The normalized spacial score (nSPS) is 13.0. The maximum atomic E-state index is 12.1. The van der Waals surface area contributed by atoms with Crippen molar-refractivity contribution in [1.29, 1.82) is 0 Å². The van der Waals surface area contributed by atoms with E-state index in [0.717, 1.165) is 22.3 Å². The van der Waals surface area contributed by atoms with Gasteiger partial charge in [-0.1, -0.05) is 35.9 Å². The summed E-state index contributed by atoms with van der Waals surface area (Å²) in [5, 5.41) is 0. The van der Waals surface area contributed by atoms with Crippen LogP contribution in [-0.4, -0.2) is 6.36 Å². The molecular formula is C16H16F3NO. The van der Waals surface area contributed by atoms with E-state index in [1.165, 1.54) is 12.1 Å². The molecule has 0 saturated heterocycles. The van der Waals surface area contributed by atoms with E-state index in [4.69, 9.17) is 5.73 Å². The summed E-state index contributed by atoms with van der Waals surface area (Å²) in [6.45, 7) is 3.95. The van der Waals surface area contributed by atoms with Crippen LogP contribution in [0, 0.1) is 13.8 Å². The van der Waals surface area contributed by atoms with Gasteiger partial charge in [-0.05, 0) is 42.7 Å². The van der Waals surface area contributed by atoms with Gasteiger partial charge in [0.15, 0.2) is 0 Å². The molecule has 0 heterocycles. The second-order valence-corrected chi connectivity index (χ2v) is 4.95. The summed E-state index contributed by atoms with van der Waals surface area (Å²) in [7, 11) is 0. The molecule has 0 spiro atoms. The average Bonchev–Trinajstić information content (AvgIpc) is 2.37. The third-order valence-corrected chi connectivity index (χ3v) is 3.23. The highest BCUT2D eigenvalue weighted by molar-refractivity contribution is 5.40. The van der Waals surface area contributed by atoms with Gasteiger partial charge in [-0.15, -0.1) is 13.2 Å². The lowest BCUT2D eigenvalue weighted by Crippen LogP contribution is -2.17. The molecule has 1 atom stereocenters. The second-order valence-electron chi connectivity index (χ2n) is 4.95. The van der Waals surface area contributed by atoms with Crippen LogP contribution in [-0.2, 0) is 0 Å². The highest BCUT2D eigenvalue weighted by Gasteiger charge is 2.31. The van der Waals surface area contributed by atoms with Crippen LogP contribution >= 0.6 is 0 Å². The first-order valence-electron chi connectivity index (χ1n) is 6.45. The summed E-state index contributed by atoms with van der Waals surface area (Å²) >= 11 is 0. The van der Waals surface area contributed by atoms with Crippen molar-refractivity contribution in [1.82, 2.24) is 0 Å². The maximum Gasteiger partial charge on any atom is 0.573 e. The Hall–Kier alpha value is -2.01. The summed E-state index contributed by atoms with van der Waals surface area (Å²) in [6.07, 6.45) is -4.68. The minimum atomic E-state index is -4.68. The smallest absolute Gasteiger partial charge is 0.406 e. The molecule has 2 N–H and O–H groups in total. The Morgan fingerprint density at radius 3 is 2.14 bits per heavy atom. The summed E-state index contributed by atoms with van der Waals surface area (Å²) in [5.74, 6) is -0.251. The Kier molecular flexibility index (Phi) is 4.23. The highest BCUT2D eigenvalue weighted by atomic mass is 19.4. The fourth-order valence-electron chi connectivity index (χ4n) is 2.23. The van der Waals surface area contributed by atoms with E-state index in [0.29, 0.717) is 0 Å². The number of nitrogens with two attached hydrogens (primary N) is 1. The molecule has 0 aliphatic rings. The van der Waals surface area contributed by atoms with Crippen LogP contribution in [0.3, 0.4) is 0 Å². The van der Waals surface area contributed by atoms with Crippen molar-refractivity contribution < 1.29 is 17.9 Å². The lowest BCUT2D eigenvalue weighted by atomic mass is 9.94. The second kappa shape index (κ2) is 5.77. The fourth-order valence-corrected chi connectivity index (χ4v) is 2.23. The minimum Gasteiger partial charge on any atom is -0.406 e. The Morgan fingerprint density at radius 2 is 1.62 bits per heavy atom. The molecule has 2 aromatic rings. The van der Waals surface area contributed by atoms with Gasteiger partial charge in [0, 0.05) is 0 Å². The van der Waals surface area contributed by atoms with Crippen molar-refractivity contribution in [3.05, 3.63) is 64.7 Å². The van der Waals surface area contributed by atoms with E-state index in [1.807, 2.05) is 32.0 Å². The topological polar surface area (TPSA) is 35.2 Å². The lowest BCUT2D eigenvalue weighted by Gasteiger charge is -2.16. The maximum absolute atomic E-state index is 12.1. The number of hydrogen-bond acceptors (Lipinski definition) is 2. The number of alkyl halides is 3. The molecule has 0 fully saturated rings. The van der Waals surface area contributed by atoms with Crippen molar-refractivity contribution in [3.8, 4) is 5.75 Å². The van der Waals surface area contributed by atoms with Gasteiger partial charge in [0.05, 0.1) is 6.04 Å².